The molecule has 2 aliphatic heterocycles. The summed E-state index contributed by atoms with van der Waals surface area (Å²) >= 11 is 0. The maximum atomic E-state index is 11.8. The highest BCUT2D eigenvalue weighted by Gasteiger charge is 2.24. The number of hydrogen-bond acceptors (Lipinski definition) is 4. The van der Waals surface area contributed by atoms with Crippen molar-refractivity contribution < 1.29 is 14.3 Å². The van der Waals surface area contributed by atoms with Crippen LogP contribution in [0.5, 0.6) is 0 Å². The maximum absolute atomic E-state index is 11.8. The first-order valence-corrected chi connectivity index (χ1v) is 8.29. The fourth-order valence-electron chi connectivity index (χ4n) is 3.18. The monoisotopic (exact) mass is 319 g/mol. The van der Waals surface area contributed by atoms with Crippen molar-refractivity contribution >= 4 is 11.7 Å². The summed E-state index contributed by atoms with van der Waals surface area (Å²) in [5.41, 5.74) is 2.67. The topological polar surface area (TPSA) is 62.8 Å². The smallest absolute Gasteiger partial charge is 0.314 e. The quantitative estimate of drug-likeness (QED) is 0.855. The number of hydrogen-bond donors (Lipinski definition) is 2. The van der Waals surface area contributed by atoms with Crippen LogP contribution in [0.15, 0.2) is 24.3 Å². The molecule has 3 rings (SSSR count). The van der Waals surface area contributed by atoms with E-state index in [0.29, 0.717) is 39.0 Å². The lowest BCUT2D eigenvalue weighted by atomic mass is 10.1. The summed E-state index contributed by atoms with van der Waals surface area (Å²) in [6.45, 7) is 5.91. The Hall–Kier alpha value is -1.79. The predicted octanol–water partition coefficient (Wildman–Crippen LogP) is 1.15. The van der Waals surface area contributed by atoms with Crippen molar-refractivity contribution in [3.63, 3.8) is 0 Å². The molecule has 0 unspecified atom stereocenters. The van der Waals surface area contributed by atoms with Crippen LogP contribution < -0.4 is 15.5 Å². The van der Waals surface area contributed by atoms with Crippen LogP contribution >= 0.6 is 0 Å². The maximum Gasteiger partial charge on any atom is 0.314 e. The van der Waals surface area contributed by atoms with Crippen molar-refractivity contribution in [2.24, 2.45) is 0 Å². The molecule has 2 aliphatic rings. The molecule has 0 radical (unpaired) electrons. The van der Waals surface area contributed by atoms with Gasteiger partial charge in [-0.15, -0.1) is 0 Å². The van der Waals surface area contributed by atoms with Gasteiger partial charge in [0, 0.05) is 31.4 Å². The van der Waals surface area contributed by atoms with E-state index < -0.39 is 0 Å². The van der Waals surface area contributed by atoms with Crippen LogP contribution in [0.1, 0.15) is 12.5 Å². The van der Waals surface area contributed by atoms with Crippen molar-refractivity contribution in [1.29, 1.82) is 0 Å². The number of fused-ring (bicyclic) bond motifs is 1. The number of para-hydroxylation sites is 1. The zero-order valence-electron chi connectivity index (χ0n) is 13.6. The van der Waals surface area contributed by atoms with Gasteiger partial charge in [-0.25, -0.2) is 4.79 Å². The average Bonchev–Trinajstić information content (AvgIpc) is 2.90. The Morgan fingerprint density at radius 3 is 3.00 bits per heavy atom. The second kappa shape index (κ2) is 7.66. The summed E-state index contributed by atoms with van der Waals surface area (Å²) in [6, 6.07) is 8.80. The van der Waals surface area contributed by atoms with Gasteiger partial charge in [-0.3, -0.25) is 0 Å². The second-order valence-electron chi connectivity index (χ2n) is 6.08. The van der Waals surface area contributed by atoms with Crippen LogP contribution in [0.25, 0.3) is 0 Å². The van der Waals surface area contributed by atoms with Gasteiger partial charge in [-0.2, -0.15) is 0 Å². The molecule has 1 saturated heterocycles. The van der Waals surface area contributed by atoms with Crippen molar-refractivity contribution in [2.75, 3.05) is 44.4 Å². The molecule has 1 aromatic rings. The molecule has 126 valence electrons. The number of rotatable bonds is 5. The van der Waals surface area contributed by atoms with E-state index in [1.165, 1.54) is 11.3 Å². The number of urea groups is 1. The third-order valence-electron chi connectivity index (χ3n) is 4.36. The van der Waals surface area contributed by atoms with E-state index in [1.807, 2.05) is 0 Å². The average molecular weight is 319 g/mol. The number of carbonyl (C=O) groups excluding carboxylic acids is 1. The van der Waals surface area contributed by atoms with E-state index in [2.05, 4.69) is 46.7 Å². The van der Waals surface area contributed by atoms with Crippen LogP contribution in [-0.4, -0.2) is 57.6 Å². The second-order valence-corrected chi connectivity index (χ2v) is 6.08. The highest BCUT2D eigenvalue weighted by Crippen LogP contribution is 2.31. The van der Waals surface area contributed by atoms with Crippen molar-refractivity contribution in [1.82, 2.24) is 10.6 Å². The van der Waals surface area contributed by atoms with Gasteiger partial charge in [0.2, 0.25) is 0 Å². The molecule has 2 atom stereocenters. The highest BCUT2D eigenvalue weighted by molar-refractivity contribution is 5.73. The van der Waals surface area contributed by atoms with Gasteiger partial charge in [0.05, 0.1) is 25.9 Å². The van der Waals surface area contributed by atoms with E-state index >= 15 is 0 Å². The Kier molecular flexibility index (Phi) is 5.35. The molecular weight excluding hydrogens is 294 g/mol. The third kappa shape index (κ3) is 4.14. The Balaban J connectivity index is 1.38. The van der Waals surface area contributed by atoms with Crippen molar-refractivity contribution in [3.8, 4) is 0 Å². The summed E-state index contributed by atoms with van der Waals surface area (Å²) in [4.78, 5) is 14.2. The fraction of sp³-hybridized carbons (Fsp3) is 0.588. The standard InChI is InChI=1S/C17H25N3O3/c1-13-10-14-4-2-3-5-16(14)20(13)7-6-18-17(21)19-11-15-12-22-8-9-23-15/h2-5,13,15H,6-12H2,1H3,(H2,18,19,21)/t13-,15+/m0/s1. The lowest BCUT2D eigenvalue weighted by molar-refractivity contribution is -0.0853. The summed E-state index contributed by atoms with van der Waals surface area (Å²) in [5.74, 6) is 0. The number of amides is 2. The minimum atomic E-state index is -0.153. The summed E-state index contributed by atoms with van der Waals surface area (Å²) in [7, 11) is 0. The zero-order chi connectivity index (χ0) is 16.1. The lowest BCUT2D eigenvalue weighted by Crippen LogP contribution is -2.45. The van der Waals surface area contributed by atoms with Gasteiger partial charge in [0.1, 0.15) is 0 Å². The predicted molar refractivity (Wildman–Crippen MR) is 88.9 cm³/mol. The third-order valence-corrected chi connectivity index (χ3v) is 4.36. The Labute approximate surface area is 137 Å². The van der Waals surface area contributed by atoms with Gasteiger partial charge in [0.25, 0.3) is 0 Å². The minimum absolute atomic E-state index is 0.0417. The zero-order valence-corrected chi connectivity index (χ0v) is 13.6. The highest BCUT2D eigenvalue weighted by atomic mass is 16.6. The molecule has 6 heteroatoms. The number of carbonyl (C=O) groups is 1. The fourth-order valence-corrected chi connectivity index (χ4v) is 3.18. The van der Waals surface area contributed by atoms with E-state index in [-0.39, 0.29) is 12.1 Å². The summed E-state index contributed by atoms with van der Waals surface area (Å²) in [5, 5.41) is 5.75. The molecule has 0 saturated carbocycles. The molecule has 1 aromatic carbocycles. The van der Waals surface area contributed by atoms with Crippen LogP contribution in [0.4, 0.5) is 10.5 Å². The summed E-state index contributed by atoms with van der Waals surface area (Å²) in [6.07, 6.45) is 1.03. The molecule has 2 N–H and O–H groups in total. The van der Waals surface area contributed by atoms with E-state index in [0.717, 1.165) is 13.0 Å². The van der Waals surface area contributed by atoms with Crippen LogP contribution in [-0.2, 0) is 15.9 Å². The normalized spacial score (nSPS) is 23.4. The molecule has 1 fully saturated rings. The molecule has 6 nitrogen and oxygen atoms in total. The largest absolute Gasteiger partial charge is 0.376 e. The van der Waals surface area contributed by atoms with Gasteiger partial charge in [0.15, 0.2) is 0 Å². The number of benzene rings is 1. The Morgan fingerprint density at radius 2 is 2.17 bits per heavy atom. The molecule has 0 spiro atoms. The molecule has 0 bridgehead atoms. The Bertz CT molecular complexity index is 532. The number of ether oxygens (including phenoxy) is 2. The lowest BCUT2D eigenvalue weighted by Gasteiger charge is -2.25. The molecule has 0 aliphatic carbocycles. The number of anilines is 1. The first-order chi connectivity index (χ1) is 11.2. The van der Waals surface area contributed by atoms with Crippen LogP contribution in [0.2, 0.25) is 0 Å². The molecule has 23 heavy (non-hydrogen) atoms. The number of nitrogens with one attached hydrogen (secondary N) is 2. The van der Waals surface area contributed by atoms with Crippen molar-refractivity contribution in [3.05, 3.63) is 29.8 Å². The first kappa shape index (κ1) is 16.1. The Morgan fingerprint density at radius 1 is 1.30 bits per heavy atom. The van der Waals surface area contributed by atoms with E-state index in [1.54, 1.807) is 0 Å². The van der Waals surface area contributed by atoms with Crippen LogP contribution in [0, 0.1) is 0 Å². The molecule has 0 aromatic heterocycles. The van der Waals surface area contributed by atoms with Gasteiger partial charge < -0.3 is 25.0 Å². The first-order valence-electron chi connectivity index (χ1n) is 8.29. The molecular formula is C17H25N3O3. The van der Waals surface area contributed by atoms with Crippen molar-refractivity contribution in [2.45, 2.75) is 25.5 Å². The minimum Gasteiger partial charge on any atom is -0.376 e. The van der Waals surface area contributed by atoms with Crippen LogP contribution in [0.3, 0.4) is 0 Å². The summed E-state index contributed by atoms with van der Waals surface area (Å²) < 4.78 is 10.8. The van der Waals surface area contributed by atoms with Gasteiger partial charge in [-0.1, -0.05) is 18.2 Å². The van der Waals surface area contributed by atoms with E-state index in [4.69, 9.17) is 9.47 Å². The van der Waals surface area contributed by atoms with Gasteiger partial charge >= 0.3 is 6.03 Å². The number of nitrogens with zero attached hydrogens (tertiary/aromatic N) is 1. The van der Waals surface area contributed by atoms with E-state index in [9.17, 15) is 4.79 Å². The molecule has 2 amide bonds. The SMILES string of the molecule is C[C@H]1Cc2ccccc2N1CCNC(=O)NC[C@@H]1COCCO1. The van der Waals surface area contributed by atoms with Gasteiger partial charge in [-0.05, 0) is 25.0 Å². The molecule has 2 heterocycles.